The van der Waals surface area contributed by atoms with Crippen molar-refractivity contribution >= 4 is 18.2 Å². The van der Waals surface area contributed by atoms with E-state index in [2.05, 4.69) is 23.8 Å². The van der Waals surface area contributed by atoms with Crippen molar-refractivity contribution in [3.8, 4) is 0 Å². The Morgan fingerprint density at radius 2 is 1.73 bits per heavy atom. The molecular formula is C6H16O3SSi. The Kier molecular flexibility index (Phi) is 3.73. The monoisotopic (exact) mass is 196 g/mol. The van der Waals surface area contributed by atoms with Gasteiger partial charge in [-0.25, -0.2) is 0 Å². The van der Waals surface area contributed by atoms with Gasteiger partial charge in [-0.3, -0.25) is 4.18 Å². The highest BCUT2D eigenvalue weighted by atomic mass is 32.2. The third-order valence-electron chi connectivity index (χ3n) is 1.36. The third kappa shape index (κ3) is 6.52. The zero-order chi connectivity index (χ0) is 9.12. The van der Waals surface area contributed by atoms with E-state index >= 15 is 0 Å². The van der Waals surface area contributed by atoms with Crippen LogP contribution in [0.15, 0.2) is 0 Å². The van der Waals surface area contributed by atoms with Gasteiger partial charge in [0.1, 0.15) is 0 Å². The van der Waals surface area contributed by atoms with Gasteiger partial charge in [0.15, 0.2) is 0 Å². The molecule has 0 aliphatic rings. The molecule has 0 N–H and O–H groups in total. The lowest BCUT2D eigenvalue weighted by atomic mass is 11.0. The zero-order valence-corrected chi connectivity index (χ0v) is 9.36. The Labute approximate surface area is 69.9 Å². The molecule has 0 saturated carbocycles. The molecule has 0 aromatic heterocycles. The molecule has 0 heterocycles. The summed E-state index contributed by atoms with van der Waals surface area (Å²) in [5.41, 5.74) is 0. The average Bonchev–Trinajstić information content (AvgIpc) is 1.83. The average molecular weight is 196 g/mol. The van der Waals surface area contributed by atoms with Gasteiger partial charge in [-0.05, 0) is 6.04 Å². The van der Waals surface area contributed by atoms with Gasteiger partial charge in [-0.15, -0.1) is 0 Å². The van der Waals surface area contributed by atoms with Gasteiger partial charge in [0, 0.05) is 8.07 Å². The molecule has 0 aromatic rings. The quantitative estimate of drug-likeness (QED) is 0.503. The highest BCUT2D eigenvalue weighted by Gasteiger charge is 2.18. The standard InChI is InChI=1S/C6H16O3SSi/c1-9-10(7,8)5-6-11(2,3)4/h5-6H2,1-4H3. The van der Waals surface area contributed by atoms with Gasteiger partial charge >= 0.3 is 0 Å². The van der Waals surface area contributed by atoms with E-state index in [4.69, 9.17) is 0 Å². The fraction of sp³-hybridized carbons (Fsp3) is 1.00. The number of rotatable bonds is 4. The van der Waals surface area contributed by atoms with Crippen molar-refractivity contribution in [3.05, 3.63) is 0 Å². The Balaban J connectivity index is 3.91. The third-order valence-corrected chi connectivity index (χ3v) is 4.68. The van der Waals surface area contributed by atoms with Crippen molar-refractivity contribution in [1.82, 2.24) is 0 Å². The van der Waals surface area contributed by atoms with E-state index in [1.165, 1.54) is 7.11 Å². The van der Waals surface area contributed by atoms with E-state index in [0.29, 0.717) is 0 Å². The lowest BCUT2D eigenvalue weighted by Crippen LogP contribution is -2.24. The van der Waals surface area contributed by atoms with Crippen LogP contribution >= 0.6 is 0 Å². The van der Waals surface area contributed by atoms with Crippen LogP contribution in [-0.4, -0.2) is 29.4 Å². The molecule has 0 bridgehead atoms. The molecule has 68 valence electrons. The van der Waals surface area contributed by atoms with Crippen LogP contribution in [0.1, 0.15) is 0 Å². The minimum Gasteiger partial charge on any atom is -0.273 e. The SMILES string of the molecule is COS(=O)(=O)CC[Si](C)(C)C. The lowest BCUT2D eigenvalue weighted by Gasteiger charge is -2.14. The smallest absolute Gasteiger partial charge is 0.266 e. The minimum atomic E-state index is -3.22. The molecule has 0 saturated heterocycles. The maximum absolute atomic E-state index is 10.8. The predicted octanol–water partition coefficient (Wildman–Crippen LogP) is 1.30. The molecule has 3 nitrogen and oxygen atoms in total. The summed E-state index contributed by atoms with van der Waals surface area (Å²) in [5, 5.41) is 0. The van der Waals surface area contributed by atoms with Crippen molar-refractivity contribution in [1.29, 1.82) is 0 Å². The van der Waals surface area contributed by atoms with E-state index < -0.39 is 18.2 Å². The van der Waals surface area contributed by atoms with E-state index in [1.54, 1.807) is 0 Å². The first-order valence-corrected chi connectivity index (χ1v) is 8.83. The van der Waals surface area contributed by atoms with E-state index in [0.717, 1.165) is 6.04 Å². The number of hydrogen-bond acceptors (Lipinski definition) is 3. The number of hydrogen-bond donors (Lipinski definition) is 0. The lowest BCUT2D eigenvalue weighted by molar-refractivity contribution is 0.399. The second kappa shape index (κ2) is 3.69. The summed E-state index contributed by atoms with van der Waals surface area (Å²) in [4.78, 5) is 0. The normalized spacial score (nSPS) is 13.5. The summed E-state index contributed by atoms with van der Waals surface area (Å²) in [6, 6.07) is 0.767. The van der Waals surface area contributed by atoms with Crippen LogP contribution in [0.5, 0.6) is 0 Å². The van der Waals surface area contributed by atoms with Gasteiger partial charge in [-0.1, -0.05) is 19.6 Å². The molecular weight excluding hydrogens is 180 g/mol. The second-order valence-electron chi connectivity index (χ2n) is 3.74. The highest BCUT2D eigenvalue weighted by Crippen LogP contribution is 2.09. The summed E-state index contributed by atoms with van der Waals surface area (Å²) in [7, 11) is -3.25. The van der Waals surface area contributed by atoms with Crippen molar-refractivity contribution in [3.63, 3.8) is 0 Å². The molecule has 0 aromatic carbocycles. The molecule has 0 spiro atoms. The molecule has 0 amide bonds. The van der Waals surface area contributed by atoms with Crippen LogP contribution in [0.2, 0.25) is 25.7 Å². The molecule has 0 aliphatic carbocycles. The van der Waals surface area contributed by atoms with Crippen molar-refractivity contribution < 1.29 is 12.6 Å². The summed E-state index contributed by atoms with van der Waals surface area (Å²) in [5.74, 6) is 0.166. The van der Waals surface area contributed by atoms with Crippen LogP contribution in [0.25, 0.3) is 0 Å². The van der Waals surface area contributed by atoms with Gasteiger partial charge in [0.2, 0.25) is 0 Å². The highest BCUT2D eigenvalue weighted by molar-refractivity contribution is 7.86. The zero-order valence-electron chi connectivity index (χ0n) is 7.55. The molecule has 0 fully saturated rings. The largest absolute Gasteiger partial charge is 0.273 e. The molecule has 0 radical (unpaired) electrons. The van der Waals surface area contributed by atoms with Gasteiger partial charge in [-0.2, -0.15) is 8.42 Å². The van der Waals surface area contributed by atoms with Crippen LogP contribution in [0, 0.1) is 0 Å². The van der Waals surface area contributed by atoms with E-state index in [-0.39, 0.29) is 5.75 Å². The molecule has 5 heteroatoms. The Bertz CT molecular complexity index is 202. The summed E-state index contributed by atoms with van der Waals surface area (Å²) < 4.78 is 26.0. The molecule has 0 aliphatic heterocycles. The van der Waals surface area contributed by atoms with Crippen LogP contribution in [-0.2, 0) is 14.3 Å². The first-order valence-electron chi connectivity index (χ1n) is 3.55. The van der Waals surface area contributed by atoms with E-state index in [9.17, 15) is 8.42 Å². The van der Waals surface area contributed by atoms with Crippen LogP contribution in [0.3, 0.4) is 0 Å². The van der Waals surface area contributed by atoms with Crippen molar-refractivity contribution in [2.24, 2.45) is 0 Å². The summed E-state index contributed by atoms with van der Waals surface area (Å²) in [6.07, 6.45) is 0. The molecule has 0 rings (SSSR count). The first-order chi connectivity index (χ1) is 4.77. The fourth-order valence-electron chi connectivity index (χ4n) is 0.515. The van der Waals surface area contributed by atoms with Gasteiger partial charge in [0.05, 0.1) is 12.9 Å². The van der Waals surface area contributed by atoms with Crippen molar-refractivity contribution in [2.75, 3.05) is 12.9 Å². The fourth-order valence-corrected chi connectivity index (χ4v) is 4.13. The van der Waals surface area contributed by atoms with Crippen molar-refractivity contribution in [2.45, 2.75) is 25.7 Å². The van der Waals surface area contributed by atoms with E-state index in [1.807, 2.05) is 0 Å². The maximum atomic E-state index is 10.8. The summed E-state index contributed by atoms with van der Waals surface area (Å²) in [6.45, 7) is 6.41. The first kappa shape index (κ1) is 11.1. The van der Waals surface area contributed by atoms with Crippen LogP contribution < -0.4 is 0 Å². The van der Waals surface area contributed by atoms with Gasteiger partial charge in [0.25, 0.3) is 10.1 Å². The van der Waals surface area contributed by atoms with Gasteiger partial charge < -0.3 is 0 Å². The second-order valence-corrected chi connectivity index (χ2v) is 11.2. The predicted molar refractivity (Wildman–Crippen MR) is 48.9 cm³/mol. The minimum absolute atomic E-state index is 0.166. The Hall–Kier alpha value is 0.127. The molecule has 11 heavy (non-hydrogen) atoms. The molecule has 0 atom stereocenters. The summed E-state index contributed by atoms with van der Waals surface area (Å²) >= 11 is 0. The topological polar surface area (TPSA) is 43.4 Å². The molecule has 0 unspecified atom stereocenters. The maximum Gasteiger partial charge on any atom is 0.266 e. The van der Waals surface area contributed by atoms with Crippen LogP contribution in [0.4, 0.5) is 0 Å². The Morgan fingerprint density at radius 3 is 2.00 bits per heavy atom. The Morgan fingerprint density at radius 1 is 1.27 bits per heavy atom.